The zero-order valence-corrected chi connectivity index (χ0v) is 10.5. The molecule has 5 heteroatoms. The van der Waals surface area contributed by atoms with Crippen molar-refractivity contribution in [2.24, 2.45) is 4.99 Å². The molecule has 0 unspecified atom stereocenters. The highest BCUT2D eigenvalue weighted by Gasteiger charge is 2.10. The lowest BCUT2D eigenvalue weighted by Gasteiger charge is -2.15. The quantitative estimate of drug-likeness (QED) is 0.845. The summed E-state index contributed by atoms with van der Waals surface area (Å²) in [7, 11) is 2.06. The molecule has 0 saturated carbocycles. The Morgan fingerprint density at radius 1 is 1.44 bits per heavy atom. The van der Waals surface area contributed by atoms with Crippen LogP contribution < -0.4 is 5.32 Å². The fourth-order valence-electron chi connectivity index (χ4n) is 2.18. The van der Waals surface area contributed by atoms with Crippen LogP contribution in [0.15, 0.2) is 29.4 Å². The average Bonchev–Trinajstić information content (AvgIpc) is 2.98. The Hall–Kier alpha value is -2.04. The van der Waals surface area contributed by atoms with Crippen molar-refractivity contribution in [2.75, 3.05) is 26.7 Å². The Morgan fingerprint density at radius 3 is 3.22 bits per heavy atom. The summed E-state index contributed by atoms with van der Waals surface area (Å²) < 4.78 is 0. The van der Waals surface area contributed by atoms with E-state index < -0.39 is 0 Å². The van der Waals surface area contributed by atoms with E-state index in [1.165, 1.54) is 5.56 Å². The zero-order chi connectivity index (χ0) is 12.4. The lowest BCUT2D eigenvalue weighted by atomic mass is 10.1. The smallest absolute Gasteiger partial charge is 0.193 e. The molecule has 0 spiro atoms. The summed E-state index contributed by atoms with van der Waals surface area (Å²) in [5.74, 6) is 1.01. The van der Waals surface area contributed by atoms with Crippen LogP contribution in [0.1, 0.15) is 5.56 Å². The van der Waals surface area contributed by atoms with E-state index in [4.69, 9.17) is 0 Å². The van der Waals surface area contributed by atoms with Crippen LogP contribution in [0.2, 0.25) is 0 Å². The molecule has 18 heavy (non-hydrogen) atoms. The number of hydrogen-bond acceptors (Lipinski definition) is 4. The maximum absolute atomic E-state index is 4.40. The van der Waals surface area contributed by atoms with Gasteiger partial charge in [0.05, 0.1) is 18.3 Å². The fraction of sp³-hybridized carbons (Fsp3) is 0.385. The minimum atomic E-state index is 0.902. The van der Waals surface area contributed by atoms with Gasteiger partial charge in [-0.3, -0.25) is 10.1 Å². The number of likely N-dealkylation sites (N-methyl/N-ethyl adjacent to an activating group) is 1. The zero-order valence-electron chi connectivity index (χ0n) is 10.5. The van der Waals surface area contributed by atoms with E-state index in [9.17, 15) is 0 Å². The van der Waals surface area contributed by atoms with Gasteiger partial charge < -0.3 is 10.2 Å². The molecular formula is C13H17N5. The predicted molar refractivity (Wildman–Crippen MR) is 72.7 cm³/mol. The Bertz CT molecular complexity index is 572. The van der Waals surface area contributed by atoms with Gasteiger partial charge >= 0.3 is 0 Å². The molecular weight excluding hydrogens is 226 g/mol. The maximum atomic E-state index is 4.40. The number of H-pyrrole nitrogens is 1. The van der Waals surface area contributed by atoms with Gasteiger partial charge in [0.2, 0.25) is 0 Å². The molecule has 3 rings (SSSR count). The first-order valence-electron chi connectivity index (χ1n) is 6.24. The fourth-order valence-corrected chi connectivity index (χ4v) is 2.18. The SMILES string of the molecule is CN1CCN=C1NCCc1ccc2cn[nH]c2c1. The average molecular weight is 243 g/mol. The Balaban J connectivity index is 1.59. The van der Waals surface area contributed by atoms with Gasteiger partial charge in [0.15, 0.2) is 5.96 Å². The van der Waals surface area contributed by atoms with Crippen molar-refractivity contribution in [1.82, 2.24) is 20.4 Å². The first-order chi connectivity index (χ1) is 8.83. The number of nitrogens with one attached hydrogen (secondary N) is 2. The third kappa shape index (κ3) is 2.16. The number of aromatic nitrogens is 2. The molecule has 1 aromatic heterocycles. The number of rotatable bonds is 3. The number of aliphatic imine (C=N–C) groups is 1. The van der Waals surface area contributed by atoms with Crippen molar-refractivity contribution in [1.29, 1.82) is 0 Å². The molecule has 1 aliphatic rings. The number of hydrogen-bond donors (Lipinski definition) is 2. The lowest BCUT2D eigenvalue weighted by molar-refractivity contribution is 0.534. The van der Waals surface area contributed by atoms with Gasteiger partial charge in [-0.1, -0.05) is 12.1 Å². The van der Waals surface area contributed by atoms with Crippen molar-refractivity contribution in [2.45, 2.75) is 6.42 Å². The van der Waals surface area contributed by atoms with E-state index in [1.54, 1.807) is 0 Å². The highest BCUT2D eigenvalue weighted by molar-refractivity contribution is 5.81. The van der Waals surface area contributed by atoms with Crippen LogP contribution in [-0.4, -0.2) is 47.7 Å². The topological polar surface area (TPSA) is 56.3 Å². The number of benzene rings is 1. The minimum absolute atomic E-state index is 0.902. The lowest BCUT2D eigenvalue weighted by Crippen LogP contribution is -2.36. The summed E-state index contributed by atoms with van der Waals surface area (Å²) >= 11 is 0. The van der Waals surface area contributed by atoms with E-state index in [0.29, 0.717) is 0 Å². The highest BCUT2D eigenvalue weighted by atomic mass is 15.3. The number of guanidine groups is 1. The molecule has 0 radical (unpaired) electrons. The Labute approximate surface area is 106 Å². The van der Waals surface area contributed by atoms with Gasteiger partial charge in [0, 0.05) is 25.5 Å². The highest BCUT2D eigenvalue weighted by Crippen LogP contribution is 2.12. The molecule has 0 fully saturated rings. The van der Waals surface area contributed by atoms with E-state index in [-0.39, 0.29) is 0 Å². The van der Waals surface area contributed by atoms with Crippen LogP contribution in [0.3, 0.4) is 0 Å². The van der Waals surface area contributed by atoms with Gasteiger partial charge in [-0.15, -0.1) is 0 Å². The van der Waals surface area contributed by atoms with Crippen LogP contribution in [-0.2, 0) is 6.42 Å². The third-order valence-corrected chi connectivity index (χ3v) is 3.26. The predicted octanol–water partition coefficient (Wildman–Crippen LogP) is 0.996. The summed E-state index contributed by atoms with van der Waals surface area (Å²) in [6.07, 6.45) is 2.83. The van der Waals surface area contributed by atoms with Crippen LogP contribution in [0.5, 0.6) is 0 Å². The Kier molecular flexibility index (Phi) is 2.88. The molecule has 0 bridgehead atoms. The molecule has 0 atom stereocenters. The summed E-state index contributed by atoms with van der Waals surface area (Å²) in [4.78, 5) is 6.56. The van der Waals surface area contributed by atoms with Gasteiger partial charge in [0.1, 0.15) is 0 Å². The molecule has 1 aliphatic heterocycles. The maximum Gasteiger partial charge on any atom is 0.193 e. The van der Waals surface area contributed by atoms with Crippen LogP contribution in [0, 0.1) is 0 Å². The standard InChI is InChI=1S/C13H17N5/c1-18-7-6-15-13(18)14-5-4-10-2-3-11-9-16-17-12(11)8-10/h2-3,8-9H,4-7H2,1H3,(H,14,15)(H,16,17). The largest absolute Gasteiger partial charge is 0.356 e. The second-order valence-electron chi connectivity index (χ2n) is 4.60. The molecule has 5 nitrogen and oxygen atoms in total. The molecule has 2 heterocycles. The Morgan fingerprint density at radius 2 is 2.39 bits per heavy atom. The normalized spacial score (nSPS) is 15.2. The molecule has 0 aliphatic carbocycles. The van der Waals surface area contributed by atoms with E-state index in [2.05, 4.69) is 50.7 Å². The summed E-state index contributed by atoms with van der Waals surface area (Å²) in [5.41, 5.74) is 2.41. The van der Waals surface area contributed by atoms with Gasteiger partial charge in [0.25, 0.3) is 0 Å². The van der Waals surface area contributed by atoms with Crippen molar-refractivity contribution >= 4 is 16.9 Å². The molecule has 94 valence electrons. The van der Waals surface area contributed by atoms with Crippen molar-refractivity contribution in [3.05, 3.63) is 30.0 Å². The molecule has 2 N–H and O–H groups in total. The number of nitrogens with zero attached hydrogens (tertiary/aromatic N) is 3. The van der Waals surface area contributed by atoms with Crippen molar-refractivity contribution in [3.63, 3.8) is 0 Å². The van der Waals surface area contributed by atoms with Crippen LogP contribution >= 0.6 is 0 Å². The minimum Gasteiger partial charge on any atom is -0.356 e. The van der Waals surface area contributed by atoms with Gasteiger partial charge in [-0.25, -0.2) is 0 Å². The summed E-state index contributed by atoms with van der Waals surface area (Å²) in [6, 6.07) is 6.41. The molecule has 0 amide bonds. The second-order valence-corrected chi connectivity index (χ2v) is 4.60. The molecule has 0 saturated heterocycles. The number of fused-ring (bicyclic) bond motifs is 1. The number of aromatic amines is 1. The van der Waals surface area contributed by atoms with E-state index in [0.717, 1.165) is 42.9 Å². The van der Waals surface area contributed by atoms with E-state index in [1.807, 2.05) is 6.20 Å². The van der Waals surface area contributed by atoms with Crippen LogP contribution in [0.25, 0.3) is 10.9 Å². The van der Waals surface area contributed by atoms with Crippen molar-refractivity contribution < 1.29 is 0 Å². The van der Waals surface area contributed by atoms with Gasteiger partial charge in [-0.2, -0.15) is 5.10 Å². The van der Waals surface area contributed by atoms with E-state index >= 15 is 0 Å². The third-order valence-electron chi connectivity index (χ3n) is 3.26. The molecule has 1 aromatic carbocycles. The molecule has 2 aromatic rings. The van der Waals surface area contributed by atoms with Crippen LogP contribution in [0.4, 0.5) is 0 Å². The monoisotopic (exact) mass is 243 g/mol. The van der Waals surface area contributed by atoms with Gasteiger partial charge in [-0.05, 0) is 18.1 Å². The second kappa shape index (κ2) is 4.68. The first-order valence-corrected chi connectivity index (χ1v) is 6.24. The summed E-state index contributed by atoms with van der Waals surface area (Å²) in [6.45, 7) is 2.82. The summed E-state index contributed by atoms with van der Waals surface area (Å²) in [5, 5.41) is 11.6. The first kappa shape index (κ1) is 11.1. The van der Waals surface area contributed by atoms with Crippen molar-refractivity contribution in [3.8, 4) is 0 Å².